The first kappa shape index (κ1) is 20.3. The number of rotatable bonds is 7. The van der Waals surface area contributed by atoms with Crippen molar-refractivity contribution in [2.45, 2.75) is 38.6 Å². The summed E-state index contributed by atoms with van der Waals surface area (Å²) in [5.41, 5.74) is 1.55. The Morgan fingerprint density at radius 1 is 1.27 bits per heavy atom. The predicted molar refractivity (Wildman–Crippen MR) is 113 cm³/mol. The lowest BCUT2D eigenvalue weighted by molar-refractivity contribution is 0.0941. The molecule has 3 aromatic rings. The van der Waals surface area contributed by atoms with E-state index in [1.54, 1.807) is 36.6 Å². The SMILES string of the molecule is C[C@@H]1CCCCN1CCCNC(=O)c1cc(-c2ccco2)nn1-c1ccc(F)cc1. The van der Waals surface area contributed by atoms with Crippen molar-refractivity contribution < 1.29 is 13.6 Å². The second kappa shape index (κ2) is 9.26. The Kier molecular flexibility index (Phi) is 6.28. The van der Waals surface area contributed by atoms with Crippen molar-refractivity contribution in [2.24, 2.45) is 0 Å². The molecule has 0 saturated carbocycles. The molecular weight excluding hydrogens is 383 g/mol. The molecule has 6 nitrogen and oxygen atoms in total. The van der Waals surface area contributed by atoms with Gasteiger partial charge in [0.15, 0.2) is 5.76 Å². The van der Waals surface area contributed by atoms with E-state index in [1.165, 1.54) is 36.1 Å². The van der Waals surface area contributed by atoms with E-state index in [2.05, 4.69) is 22.2 Å². The van der Waals surface area contributed by atoms with Gasteiger partial charge in [-0.15, -0.1) is 0 Å². The third kappa shape index (κ3) is 4.62. The lowest BCUT2D eigenvalue weighted by atomic mass is 10.0. The molecule has 1 aromatic carbocycles. The fourth-order valence-corrected chi connectivity index (χ4v) is 3.93. The van der Waals surface area contributed by atoms with Crippen molar-refractivity contribution in [2.75, 3.05) is 19.6 Å². The number of benzene rings is 1. The Bertz CT molecular complexity index is 966. The van der Waals surface area contributed by atoms with Crippen LogP contribution < -0.4 is 5.32 Å². The number of nitrogens with zero attached hydrogens (tertiary/aromatic N) is 3. The van der Waals surface area contributed by atoms with Gasteiger partial charge < -0.3 is 14.6 Å². The smallest absolute Gasteiger partial charge is 0.270 e. The number of halogens is 1. The maximum Gasteiger partial charge on any atom is 0.270 e. The second-order valence-corrected chi connectivity index (χ2v) is 7.77. The summed E-state index contributed by atoms with van der Waals surface area (Å²) in [5.74, 6) is 0.0235. The summed E-state index contributed by atoms with van der Waals surface area (Å²) in [4.78, 5) is 15.4. The number of piperidine rings is 1. The van der Waals surface area contributed by atoms with Crippen LogP contribution in [0, 0.1) is 5.82 Å². The minimum absolute atomic E-state index is 0.212. The van der Waals surface area contributed by atoms with Crippen molar-refractivity contribution in [3.8, 4) is 17.1 Å². The zero-order valence-corrected chi connectivity index (χ0v) is 17.2. The van der Waals surface area contributed by atoms with Gasteiger partial charge in [-0.1, -0.05) is 6.42 Å². The summed E-state index contributed by atoms with van der Waals surface area (Å²) in [5, 5.41) is 7.52. The van der Waals surface area contributed by atoms with Gasteiger partial charge in [0.2, 0.25) is 0 Å². The first-order chi connectivity index (χ1) is 14.6. The largest absolute Gasteiger partial charge is 0.463 e. The number of hydrogen-bond donors (Lipinski definition) is 1. The van der Waals surface area contributed by atoms with Crippen LogP contribution in [-0.2, 0) is 0 Å². The molecule has 1 saturated heterocycles. The van der Waals surface area contributed by atoms with E-state index in [1.807, 2.05) is 0 Å². The Balaban J connectivity index is 1.46. The average molecular weight is 410 g/mol. The first-order valence-corrected chi connectivity index (χ1v) is 10.5. The number of hydrogen-bond acceptors (Lipinski definition) is 4. The lowest BCUT2D eigenvalue weighted by Crippen LogP contribution is -2.39. The van der Waals surface area contributed by atoms with Crippen molar-refractivity contribution >= 4 is 5.91 Å². The minimum Gasteiger partial charge on any atom is -0.463 e. The van der Waals surface area contributed by atoms with Crippen LogP contribution in [-0.4, -0.2) is 46.3 Å². The molecule has 3 heterocycles. The number of aromatic nitrogens is 2. The van der Waals surface area contributed by atoms with E-state index in [0.29, 0.717) is 35.4 Å². The molecule has 30 heavy (non-hydrogen) atoms. The number of furan rings is 1. The summed E-state index contributed by atoms with van der Waals surface area (Å²) in [7, 11) is 0. The van der Waals surface area contributed by atoms with Crippen LogP contribution in [0.1, 0.15) is 43.1 Å². The number of carbonyl (C=O) groups excluding carboxylic acids is 1. The van der Waals surface area contributed by atoms with E-state index in [9.17, 15) is 9.18 Å². The van der Waals surface area contributed by atoms with E-state index in [0.717, 1.165) is 19.5 Å². The van der Waals surface area contributed by atoms with Gasteiger partial charge in [-0.05, 0) is 69.1 Å². The van der Waals surface area contributed by atoms with E-state index >= 15 is 0 Å². The number of nitrogens with one attached hydrogen (secondary N) is 1. The van der Waals surface area contributed by atoms with Crippen LogP contribution in [0.2, 0.25) is 0 Å². The van der Waals surface area contributed by atoms with E-state index < -0.39 is 0 Å². The molecule has 1 amide bonds. The number of likely N-dealkylation sites (tertiary alicyclic amines) is 1. The van der Waals surface area contributed by atoms with Crippen LogP contribution in [0.15, 0.2) is 53.1 Å². The highest BCUT2D eigenvalue weighted by molar-refractivity contribution is 5.94. The molecule has 7 heteroatoms. The third-order valence-corrected chi connectivity index (χ3v) is 5.64. The molecule has 158 valence electrons. The van der Waals surface area contributed by atoms with Crippen LogP contribution in [0.5, 0.6) is 0 Å². The van der Waals surface area contributed by atoms with Crippen molar-refractivity contribution in [3.05, 3.63) is 60.2 Å². The third-order valence-electron chi connectivity index (χ3n) is 5.64. The minimum atomic E-state index is -0.338. The number of amides is 1. The fraction of sp³-hybridized carbons (Fsp3) is 0.391. The molecule has 0 spiro atoms. The van der Waals surface area contributed by atoms with Crippen molar-refractivity contribution in [1.29, 1.82) is 0 Å². The summed E-state index contributed by atoms with van der Waals surface area (Å²) in [6, 6.07) is 11.8. The van der Waals surface area contributed by atoms with Gasteiger partial charge >= 0.3 is 0 Å². The van der Waals surface area contributed by atoms with Gasteiger partial charge in [0.05, 0.1) is 12.0 Å². The molecule has 0 unspecified atom stereocenters. The summed E-state index contributed by atoms with van der Waals surface area (Å²) < 4.78 is 20.3. The lowest BCUT2D eigenvalue weighted by Gasteiger charge is -2.33. The summed E-state index contributed by atoms with van der Waals surface area (Å²) >= 11 is 0. The maximum absolute atomic E-state index is 13.3. The van der Waals surface area contributed by atoms with Crippen molar-refractivity contribution in [1.82, 2.24) is 20.0 Å². The van der Waals surface area contributed by atoms with E-state index in [-0.39, 0.29) is 11.7 Å². The highest BCUT2D eigenvalue weighted by Gasteiger charge is 2.20. The molecule has 1 fully saturated rings. The van der Waals surface area contributed by atoms with Gasteiger partial charge in [0.25, 0.3) is 5.91 Å². The Hall–Kier alpha value is -2.93. The molecule has 1 N–H and O–H groups in total. The second-order valence-electron chi connectivity index (χ2n) is 7.77. The molecule has 1 aliphatic rings. The quantitative estimate of drug-likeness (QED) is 0.591. The highest BCUT2D eigenvalue weighted by atomic mass is 19.1. The normalized spacial score (nSPS) is 17.2. The molecule has 0 bridgehead atoms. The first-order valence-electron chi connectivity index (χ1n) is 10.5. The molecule has 0 radical (unpaired) electrons. The van der Waals surface area contributed by atoms with Crippen LogP contribution in [0.4, 0.5) is 4.39 Å². The van der Waals surface area contributed by atoms with Crippen molar-refractivity contribution in [3.63, 3.8) is 0 Å². The molecule has 1 atom stereocenters. The predicted octanol–water partition coefficient (Wildman–Crippen LogP) is 4.27. The van der Waals surface area contributed by atoms with Gasteiger partial charge in [-0.3, -0.25) is 4.79 Å². The molecule has 2 aromatic heterocycles. The van der Waals surface area contributed by atoms with Gasteiger partial charge in [-0.2, -0.15) is 5.10 Å². The Morgan fingerprint density at radius 3 is 2.83 bits per heavy atom. The Morgan fingerprint density at radius 2 is 2.10 bits per heavy atom. The van der Waals surface area contributed by atoms with Gasteiger partial charge in [0, 0.05) is 25.2 Å². The topological polar surface area (TPSA) is 63.3 Å². The zero-order chi connectivity index (χ0) is 20.9. The zero-order valence-electron chi connectivity index (χ0n) is 17.2. The molecule has 4 rings (SSSR count). The number of carbonyl (C=O) groups is 1. The van der Waals surface area contributed by atoms with Crippen LogP contribution >= 0.6 is 0 Å². The summed E-state index contributed by atoms with van der Waals surface area (Å²) in [6.07, 6.45) is 6.26. The average Bonchev–Trinajstić information content (AvgIpc) is 3.43. The molecule has 0 aliphatic carbocycles. The maximum atomic E-state index is 13.3. The molecule has 1 aliphatic heterocycles. The standard InChI is InChI=1S/C23H27FN4O2/c1-17-6-2-3-13-27(17)14-5-12-25-23(29)21-16-20(22-7-4-15-30-22)26-28(21)19-10-8-18(24)9-11-19/h4,7-11,15-17H,2-3,5-6,12-14H2,1H3,(H,25,29)/t17-/m1/s1. The van der Waals surface area contributed by atoms with Gasteiger partial charge in [0.1, 0.15) is 17.2 Å². The van der Waals surface area contributed by atoms with Gasteiger partial charge in [-0.25, -0.2) is 9.07 Å². The monoisotopic (exact) mass is 410 g/mol. The Labute approximate surface area is 175 Å². The van der Waals surface area contributed by atoms with Crippen LogP contribution in [0.3, 0.4) is 0 Å². The summed E-state index contributed by atoms with van der Waals surface area (Å²) in [6.45, 7) is 4.98. The fourth-order valence-electron chi connectivity index (χ4n) is 3.93. The highest BCUT2D eigenvalue weighted by Crippen LogP contribution is 2.22. The molecular formula is C23H27FN4O2. The van der Waals surface area contributed by atoms with E-state index in [4.69, 9.17) is 4.42 Å². The van der Waals surface area contributed by atoms with Crippen LogP contribution in [0.25, 0.3) is 17.1 Å².